The van der Waals surface area contributed by atoms with Gasteiger partial charge in [-0.3, -0.25) is 9.69 Å². The lowest BCUT2D eigenvalue weighted by atomic mass is 10.1. The summed E-state index contributed by atoms with van der Waals surface area (Å²) in [4.78, 5) is 16.4. The van der Waals surface area contributed by atoms with Gasteiger partial charge in [0.05, 0.1) is 12.1 Å². The molecule has 0 saturated carbocycles. The van der Waals surface area contributed by atoms with Crippen molar-refractivity contribution < 1.29 is 4.79 Å². The predicted octanol–water partition coefficient (Wildman–Crippen LogP) is 1.42. The number of anilines is 1. The van der Waals surface area contributed by atoms with Crippen molar-refractivity contribution in [2.75, 3.05) is 38.5 Å². The van der Waals surface area contributed by atoms with Crippen LogP contribution in [0.15, 0.2) is 22.7 Å². The van der Waals surface area contributed by atoms with E-state index in [-0.39, 0.29) is 5.91 Å². The normalized spacial score (nSPS) is 16.1. The van der Waals surface area contributed by atoms with Crippen molar-refractivity contribution in [1.82, 2.24) is 9.80 Å². The summed E-state index contributed by atoms with van der Waals surface area (Å²) in [5.41, 5.74) is 6.94. The van der Waals surface area contributed by atoms with E-state index in [9.17, 15) is 4.79 Å². The lowest BCUT2D eigenvalue weighted by Crippen LogP contribution is -2.48. The summed E-state index contributed by atoms with van der Waals surface area (Å²) in [5, 5.41) is 0. The average molecular weight is 322 g/mol. The van der Waals surface area contributed by atoms with E-state index in [1.807, 2.05) is 11.0 Å². The summed E-state index contributed by atoms with van der Waals surface area (Å²) in [5.74, 6) is 2.61. The number of benzene rings is 1. The Balaban J connectivity index is 2.05. The van der Waals surface area contributed by atoms with E-state index in [0.717, 1.165) is 17.6 Å². The lowest BCUT2D eigenvalue weighted by Gasteiger charge is -2.33. The predicted molar refractivity (Wildman–Crippen MR) is 79.7 cm³/mol. The van der Waals surface area contributed by atoms with Crippen molar-refractivity contribution in [2.45, 2.75) is 0 Å². The summed E-state index contributed by atoms with van der Waals surface area (Å²) >= 11 is 3.36. The highest BCUT2D eigenvalue weighted by Crippen LogP contribution is 2.20. The number of piperazine rings is 1. The van der Waals surface area contributed by atoms with Gasteiger partial charge in [-0.1, -0.05) is 21.9 Å². The molecule has 5 heteroatoms. The first-order chi connectivity index (χ1) is 9.11. The van der Waals surface area contributed by atoms with E-state index in [1.54, 1.807) is 12.1 Å². The van der Waals surface area contributed by atoms with E-state index in [2.05, 4.69) is 26.8 Å². The zero-order valence-corrected chi connectivity index (χ0v) is 12.2. The molecule has 1 aromatic carbocycles. The van der Waals surface area contributed by atoms with Crippen LogP contribution in [0, 0.1) is 12.3 Å². The zero-order chi connectivity index (χ0) is 13.8. The van der Waals surface area contributed by atoms with Gasteiger partial charge in [0.2, 0.25) is 0 Å². The summed E-state index contributed by atoms with van der Waals surface area (Å²) in [6.45, 7) is 3.63. The van der Waals surface area contributed by atoms with Crippen LogP contribution in [0.5, 0.6) is 0 Å². The second kappa shape index (κ2) is 6.09. The molecule has 0 bridgehead atoms. The van der Waals surface area contributed by atoms with E-state index in [1.165, 1.54) is 0 Å². The van der Waals surface area contributed by atoms with Gasteiger partial charge in [-0.05, 0) is 18.2 Å². The van der Waals surface area contributed by atoms with Gasteiger partial charge in [0.1, 0.15) is 0 Å². The van der Waals surface area contributed by atoms with Crippen molar-refractivity contribution in [3.05, 3.63) is 28.2 Å². The summed E-state index contributed by atoms with van der Waals surface area (Å²) < 4.78 is 0.857. The van der Waals surface area contributed by atoms with Gasteiger partial charge in [-0.15, -0.1) is 6.42 Å². The van der Waals surface area contributed by atoms with Gasteiger partial charge in [-0.2, -0.15) is 0 Å². The Morgan fingerprint density at radius 3 is 2.68 bits per heavy atom. The molecular formula is C14H16BrN3O. The number of nitrogens with two attached hydrogens (primary N) is 1. The van der Waals surface area contributed by atoms with Gasteiger partial charge >= 0.3 is 0 Å². The van der Waals surface area contributed by atoms with Gasteiger partial charge in [0, 0.05) is 36.3 Å². The van der Waals surface area contributed by atoms with Crippen molar-refractivity contribution >= 4 is 27.5 Å². The fraction of sp³-hybridized carbons (Fsp3) is 0.357. The molecule has 1 heterocycles. The van der Waals surface area contributed by atoms with Gasteiger partial charge in [-0.25, -0.2) is 0 Å². The van der Waals surface area contributed by atoms with Crippen LogP contribution >= 0.6 is 15.9 Å². The topological polar surface area (TPSA) is 49.6 Å². The average Bonchev–Trinajstić information content (AvgIpc) is 2.42. The van der Waals surface area contributed by atoms with Crippen LogP contribution in [-0.4, -0.2) is 48.4 Å². The first kappa shape index (κ1) is 13.9. The first-order valence-electron chi connectivity index (χ1n) is 6.12. The molecule has 100 valence electrons. The molecule has 19 heavy (non-hydrogen) atoms. The second-order valence-electron chi connectivity index (χ2n) is 4.50. The fourth-order valence-electron chi connectivity index (χ4n) is 2.12. The molecule has 1 fully saturated rings. The van der Waals surface area contributed by atoms with E-state index < -0.39 is 0 Å². The van der Waals surface area contributed by atoms with Crippen molar-refractivity contribution in [3.8, 4) is 12.3 Å². The highest BCUT2D eigenvalue weighted by molar-refractivity contribution is 9.10. The number of amides is 1. The first-order valence-corrected chi connectivity index (χ1v) is 6.91. The Bertz CT molecular complexity index is 516. The maximum Gasteiger partial charge on any atom is 0.256 e. The molecular weight excluding hydrogens is 306 g/mol. The number of hydrogen-bond donors (Lipinski definition) is 1. The van der Waals surface area contributed by atoms with E-state index in [0.29, 0.717) is 30.9 Å². The van der Waals surface area contributed by atoms with Crippen LogP contribution < -0.4 is 5.73 Å². The van der Waals surface area contributed by atoms with Crippen LogP contribution in [0.1, 0.15) is 10.4 Å². The fourth-order valence-corrected chi connectivity index (χ4v) is 2.48. The minimum absolute atomic E-state index is 0.0147. The number of rotatable bonds is 2. The molecule has 0 radical (unpaired) electrons. The Hall–Kier alpha value is -1.51. The molecule has 0 unspecified atom stereocenters. The standard InChI is InChI=1S/C14H16BrN3O/c1-2-5-17-6-8-18(9-7-17)14(19)12-10-11(15)3-4-13(12)16/h1,3-4,10H,5-9,16H2. The number of terminal acetylenes is 1. The van der Waals surface area contributed by atoms with Crippen molar-refractivity contribution in [2.24, 2.45) is 0 Å². The summed E-state index contributed by atoms with van der Waals surface area (Å²) in [6, 6.07) is 5.34. The smallest absolute Gasteiger partial charge is 0.256 e. The maximum absolute atomic E-state index is 12.4. The van der Waals surface area contributed by atoms with Gasteiger partial charge in [0.25, 0.3) is 5.91 Å². The molecule has 1 aliphatic heterocycles. The molecule has 1 amide bonds. The monoisotopic (exact) mass is 321 g/mol. The zero-order valence-electron chi connectivity index (χ0n) is 10.6. The van der Waals surface area contributed by atoms with Crippen LogP contribution in [0.4, 0.5) is 5.69 Å². The number of nitrogen functional groups attached to an aromatic ring is 1. The van der Waals surface area contributed by atoms with Crippen molar-refractivity contribution in [3.63, 3.8) is 0 Å². The third-order valence-corrected chi connectivity index (χ3v) is 3.71. The number of carbonyl (C=O) groups excluding carboxylic acids is 1. The third-order valence-electron chi connectivity index (χ3n) is 3.22. The minimum atomic E-state index is -0.0147. The van der Waals surface area contributed by atoms with Crippen LogP contribution in [0.2, 0.25) is 0 Å². The lowest BCUT2D eigenvalue weighted by molar-refractivity contribution is 0.0653. The highest BCUT2D eigenvalue weighted by atomic mass is 79.9. The molecule has 0 aliphatic carbocycles. The molecule has 0 spiro atoms. The SMILES string of the molecule is C#CCN1CCN(C(=O)c2cc(Br)ccc2N)CC1. The second-order valence-corrected chi connectivity index (χ2v) is 5.42. The Morgan fingerprint density at radius 1 is 1.37 bits per heavy atom. The largest absolute Gasteiger partial charge is 0.398 e. The number of nitrogens with zero attached hydrogens (tertiary/aromatic N) is 2. The van der Waals surface area contributed by atoms with Crippen LogP contribution in [0.25, 0.3) is 0 Å². The van der Waals surface area contributed by atoms with Crippen LogP contribution in [-0.2, 0) is 0 Å². The minimum Gasteiger partial charge on any atom is -0.398 e. The van der Waals surface area contributed by atoms with Crippen LogP contribution in [0.3, 0.4) is 0 Å². The van der Waals surface area contributed by atoms with Crippen molar-refractivity contribution in [1.29, 1.82) is 0 Å². The number of carbonyl (C=O) groups is 1. The quantitative estimate of drug-likeness (QED) is 0.662. The number of halogens is 1. The molecule has 1 aromatic rings. The molecule has 1 aliphatic rings. The Kier molecular flexibility index (Phi) is 4.46. The molecule has 1 saturated heterocycles. The third kappa shape index (κ3) is 3.28. The molecule has 2 rings (SSSR count). The molecule has 2 N–H and O–H groups in total. The maximum atomic E-state index is 12.4. The van der Waals surface area contributed by atoms with Gasteiger partial charge in [0.15, 0.2) is 0 Å². The summed E-state index contributed by atoms with van der Waals surface area (Å²) in [7, 11) is 0. The molecule has 0 aromatic heterocycles. The molecule has 4 nitrogen and oxygen atoms in total. The summed E-state index contributed by atoms with van der Waals surface area (Å²) in [6.07, 6.45) is 5.29. The Morgan fingerprint density at radius 2 is 2.05 bits per heavy atom. The van der Waals surface area contributed by atoms with Gasteiger partial charge < -0.3 is 10.6 Å². The van der Waals surface area contributed by atoms with E-state index >= 15 is 0 Å². The number of hydrogen-bond acceptors (Lipinski definition) is 3. The van der Waals surface area contributed by atoms with E-state index in [4.69, 9.17) is 12.2 Å². The molecule has 0 atom stereocenters. The highest BCUT2D eigenvalue weighted by Gasteiger charge is 2.23. The Labute approximate surface area is 121 Å².